The molecule has 128 valence electrons. The van der Waals surface area contributed by atoms with E-state index in [2.05, 4.69) is 15.4 Å². The van der Waals surface area contributed by atoms with Crippen LogP contribution >= 0.6 is 11.8 Å². The third-order valence-electron chi connectivity index (χ3n) is 3.35. The molecule has 0 aliphatic heterocycles. The lowest BCUT2D eigenvalue weighted by Gasteiger charge is -2.11. The molecule has 0 aliphatic carbocycles. The first kappa shape index (κ1) is 17.1. The van der Waals surface area contributed by atoms with Crippen LogP contribution in [0.5, 0.6) is 0 Å². The summed E-state index contributed by atoms with van der Waals surface area (Å²) in [5.41, 5.74) is 1.12. The number of alkyl halides is 2. The van der Waals surface area contributed by atoms with E-state index in [1.165, 1.54) is 18.3 Å². The van der Waals surface area contributed by atoms with E-state index in [9.17, 15) is 13.6 Å². The number of aromatic nitrogens is 3. The summed E-state index contributed by atoms with van der Waals surface area (Å²) in [6, 6.07) is 14.3. The lowest BCUT2D eigenvalue weighted by atomic mass is 10.2. The summed E-state index contributed by atoms with van der Waals surface area (Å²) in [7, 11) is 0. The van der Waals surface area contributed by atoms with Gasteiger partial charge in [0.15, 0.2) is 0 Å². The Morgan fingerprint density at radius 2 is 1.92 bits per heavy atom. The zero-order valence-electron chi connectivity index (χ0n) is 13.0. The lowest BCUT2D eigenvalue weighted by Crippen LogP contribution is -2.17. The van der Waals surface area contributed by atoms with Gasteiger partial charge in [-0.1, -0.05) is 30.3 Å². The minimum Gasteiger partial charge on any atom is -0.307 e. The largest absolute Gasteiger partial charge is 0.307 e. The number of hydrogen-bond acceptors (Lipinski definition) is 4. The molecule has 0 saturated carbocycles. The van der Waals surface area contributed by atoms with Gasteiger partial charge in [-0.3, -0.25) is 4.79 Å². The van der Waals surface area contributed by atoms with Crippen molar-refractivity contribution in [2.45, 2.75) is 17.3 Å². The fraction of sp³-hybridized carbons (Fsp3) is 0.118. The van der Waals surface area contributed by atoms with E-state index in [1.807, 2.05) is 30.3 Å². The van der Waals surface area contributed by atoms with Crippen LogP contribution in [0.1, 0.15) is 15.9 Å². The number of nitrogens with zero attached hydrogens (tertiary/aromatic N) is 3. The zero-order valence-corrected chi connectivity index (χ0v) is 13.8. The monoisotopic (exact) mass is 360 g/mol. The zero-order chi connectivity index (χ0) is 17.6. The van der Waals surface area contributed by atoms with E-state index in [4.69, 9.17) is 0 Å². The summed E-state index contributed by atoms with van der Waals surface area (Å²) < 4.78 is 26.9. The molecule has 0 bridgehead atoms. The second kappa shape index (κ2) is 7.89. The van der Waals surface area contributed by atoms with Gasteiger partial charge in [-0.15, -0.1) is 0 Å². The van der Waals surface area contributed by atoms with Crippen molar-refractivity contribution < 1.29 is 13.6 Å². The van der Waals surface area contributed by atoms with Crippen molar-refractivity contribution in [3.05, 3.63) is 72.1 Å². The minimum absolute atomic E-state index is 0.0101. The Balaban J connectivity index is 1.78. The first-order chi connectivity index (χ1) is 12.1. The SMILES string of the molecule is O=C(Nc1ccnn1Cc1ccccc1)c1cccnc1SC(F)F. The summed E-state index contributed by atoms with van der Waals surface area (Å²) >= 11 is 0.245. The molecule has 1 aromatic carbocycles. The van der Waals surface area contributed by atoms with Crippen LogP contribution in [0.3, 0.4) is 0 Å². The molecule has 0 saturated heterocycles. The van der Waals surface area contributed by atoms with Crippen molar-refractivity contribution in [1.82, 2.24) is 14.8 Å². The maximum absolute atomic E-state index is 12.6. The van der Waals surface area contributed by atoms with Crippen molar-refractivity contribution >= 4 is 23.5 Å². The Morgan fingerprint density at radius 3 is 2.68 bits per heavy atom. The highest BCUT2D eigenvalue weighted by Crippen LogP contribution is 2.26. The lowest BCUT2D eigenvalue weighted by molar-refractivity contribution is 0.102. The van der Waals surface area contributed by atoms with Gasteiger partial charge in [0.25, 0.3) is 11.7 Å². The Kier molecular flexibility index (Phi) is 5.39. The average molecular weight is 360 g/mol. The predicted molar refractivity (Wildman–Crippen MR) is 91.8 cm³/mol. The maximum Gasteiger partial charge on any atom is 0.290 e. The predicted octanol–water partition coefficient (Wildman–Crippen LogP) is 3.89. The van der Waals surface area contributed by atoms with E-state index >= 15 is 0 Å². The molecule has 0 aliphatic rings. The number of halogens is 2. The Bertz CT molecular complexity index is 855. The number of amides is 1. The van der Waals surface area contributed by atoms with Gasteiger partial charge in [-0.25, -0.2) is 9.67 Å². The molecule has 0 unspecified atom stereocenters. The maximum atomic E-state index is 12.6. The van der Waals surface area contributed by atoms with Gasteiger partial charge in [0.2, 0.25) is 0 Å². The number of rotatable bonds is 6. The number of carbonyl (C=O) groups excluding carboxylic acids is 1. The molecule has 2 aromatic heterocycles. The molecule has 0 radical (unpaired) electrons. The Hall–Kier alpha value is -2.74. The topological polar surface area (TPSA) is 59.8 Å². The van der Waals surface area contributed by atoms with Crippen molar-refractivity contribution in [3.63, 3.8) is 0 Å². The van der Waals surface area contributed by atoms with Crippen LogP contribution < -0.4 is 5.32 Å². The molecule has 1 N–H and O–H groups in total. The number of anilines is 1. The molecule has 0 spiro atoms. The van der Waals surface area contributed by atoms with Crippen LogP contribution in [0.25, 0.3) is 0 Å². The van der Waals surface area contributed by atoms with E-state index in [-0.39, 0.29) is 22.4 Å². The van der Waals surface area contributed by atoms with Crippen LogP contribution in [-0.4, -0.2) is 26.4 Å². The van der Waals surface area contributed by atoms with Crippen molar-refractivity contribution in [1.29, 1.82) is 0 Å². The molecule has 2 heterocycles. The highest BCUT2D eigenvalue weighted by Gasteiger charge is 2.18. The number of pyridine rings is 1. The van der Waals surface area contributed by atoms with Gasteiger partial charge in [0.05, 0.1) is 18.3 Å². The number of carbonyl (C=O) groups is 1. The molecule has 0 atom stereocenters. The molecule has 3 rings (SSSR count). The van der Waals surface area contributed by atoms with Gasteiger partial charge in [-0.2, -0.15) is 13.9 Å². The first-order valence-electron chi connectivity index (χ1n) is 7.40. The van der Waals surface area contributed by atoms with E-state index < -0.39 is 11.7 Å². The first-order valence-corrected chi connectivity index (χ1v) is 8.28. The Labute approximate surface area is 147 Å². The van der Waals surface area contributed by atoms with Gasteiger partial charge >= 0.3 is 0 Å². The van der Waals surface area contributed by atoms with E-state index in [0.29, 0.717) is 12.4 Å². The molecule has 25 heavy (non-hydrogen) atoms. The number of thioether (sulfide) groups is 1. The molecule has 0 fully saturated rings. The summed E-state index contributed by atoms with van der Waals surface area (Å²) in [6.45, 7) is 0.481. The number of hydrogen-bond donors (Lipinski definition) is 1. The van der Waals surface area contributed by atoms with Crippen LogP contribution in [0.4, 0.5) is 14.6 Å². The van der Waals surface area contributed by atoms with Crippen LogP contribution in [0, 0.1) is 0 Å². The second-order valence-electron chi connectivity index (χ2n) is 5.05. The van der Waals surface area contributed by atoms with Gasteiger partial charge in [-0.05, 0) is 29.5 Å². The second-order valence-corrected chi connectivity index (χ2v) is 6.03. The third-order valence-corrected chi connectivity index (χ3v) is 4.08. The fourth-order valence-corrected chi connectivity index (χ4v) is 2.82. The smallest absolute Gasteiger partial charge is 0.290 e. The standard InChI is InChI=1S/C17H14F2N4OS/c18-17(19)25-16-13(7-4-9-20-16)15(24)22-14-8-10-21-23(14)11-12-5-2-1-3-6-12/h1-10,17H,11H2,(H,22,24). The van der Waals surface area contributed by atoms with E-state index in [0.717, 1.165) is 5.56 Å². The van der Waals surface area contributed by atoms with Gasteiger partial charge in [0.1, 0.15) is 10.8 Å². The van der Waals surface area contributed by atoms with Gasteiger partial charge < -0.3 is 5.32 Å². The molecule has 5 nitrogen and oxygen atoms in total. The highest BCUT2D eigenvalue weighted by molar-refractivity contribution is 7.99. The molecule has 8 heteroatoms. The fourth-order valence-electron chi connectivity index (χ4n) is 2.25. The van der Waals surface area contributed by atoms with Crippen LogP contribution in [0.15, 0.2) is 66.0 Å². The summed E-state index contributed by atoms with van der Waals surface area (Å²) in [5, 5.41) is 6.88. The molecule has 1 amide bonds. The molecular weight excluding hydrogens is 346 g/mol. The third kappa shape index (κ3) is 4.42. The van der Waals surface area contributed by atoms with Crippen molar-refractivity contribution in [2.24, 2.45) is 0 Å². The normalized spacial score (nSPS) is 10.8. The summed E-state index contributed by atoms with van der Waals surface area (Å²) in [4.78, 5) is 16.3. The number of benzene rings is 1. The van der Waals surface area contributed by atoms with Crippen LogP contribution in [0.2, 0.25) is 0 Å². The van der Waals surface area contributed by atoms with Crippen molar-refractivity contribution in [2.75, 3.05) is 5.32 Å². The average Bonchev–Trinajstić information content (AvgIpc) is 3.02. The summed E-state index contributed by atoms with van der Waals surface area (Å²) in [5.74, 6) is -2.68. The Morgan fingerprint density at radius 1 is 1.12 bits per heavy atom. The quantitative estimate of drug-likeness (QED) is 0.678. The van der Waals surface area contributed by atoms with Crippen LogP contribution in [-0.2, 0) is 6.54 Å². The van der Waals surface area contributed by atoms with Gasteiger partial charge in [0, 0.05) is 12.3 Å². The summed E-state index contributed by atoms with van der Waals surface area (Å²) in [6.07, 6.45) is 2.94. The van der Waals surface area contributed by atoms with Crippen molar-refractivity contribution in [3.8, 4) is 0 Å². The highest BCUT2D eigenvalue weighted by atomic mass is 32.2. The molecule has 3 aromatic rings. The number of nitrogens with one attached hydrogen (secondary N) is 1. The van der Waals surface area contributed by atoms with E-state index in [1.54, 1.807) is 16.9 Å². The minimum atomic E-state index is -2.65. The molecular formula is C17H14F2N4OS.